The first-order chi connectivity index (χ1) is 13.6. The average Bonchev–Trinajstić information content (AvgIpc) is 3.35. The summed E-state index contributed by atoms with van der Waals surface area (Å²) in [5.74, 6) is -0.0408. The Hall–Kier alpha value is -2.66. The van der Waals surface area contributed by atoms with Crippen LogP contribution in [-0.2, 0) is 14.9 Å². The highest BCUT2D eigenvalue weighted by atomic mass is 16.5. The Bertz CT molecular complexity index is 866. The van der Waals surface area contributed by atoms with Crippen molar-refractivity contribution in [2.75, 3.05) is 18.5 Å². The van der Waals surface area contributed by atoms with E-state index in [0.717, 1.165) is 49.1 Å². The first kappa shape index (κ1) is 18.7. The van der Waals surface area contributed by atoms with Crippen molar-refractivity contribution in [2.24, 2.45) is 0 Å². The molecule has 0 radical (unpaired) electrons. The van der Waals surface area contributed by atoms with Crippen molar-refractivity contribution >= 4 is 17.5 Å². The number of carbonyl (C=O) groups excluding carboxylic acids is 2. The van der Waals surface area contributed by atoms with E-state index in [4.69, 9.17) is 4.74 Å². The Morgan fingerprint density at radius 2 is 1.86 bits per heavy atom. The first-order valence-corrected chi connectivity index (χ1v) is 9.96. The lowest BCUT2D eigenvalue weighted by atomic mass is 9.94. The monoisotopic (exact) mass is 378 g/mol. The molecule has 2 aromatic carbocycles. The number of aryl methyl sites for hydroxylation is 1. The largest absolute Gasteiger partial charge is 0.376 e. The van der Waals surface area contributed by atoms with E-state index in [0.29, 0.717) is 12.1 Å². The van der Waals surface area contributed by atoms with E-state index in [1.54, 1.807) is 0 Å². The summed E-state index contributed by atoms with van der Waals surface area (Å²) in [7, 11) is 0. The van der Waals surface area contributed by atoms with Crippen molar-refractivity contribution in [3.05, 3.63) is 65.2 Å². The fourth-order valence-electron chi connectivity index (χ4n) is 3.85. The van der Waals surface area contributed by atoms with Crippen LogP contribution in [0.3, 0.4) is 0 Å². The molecule has 2 aromatic rings. The van der Waals surface area contributed by atoms with Gasteiger partial charge in [0.2, 0.25) is 5.91 Å². The van der Waals surface area contributed by atoms with Gasteiger partial charge in [0.15, 0.2) is 0 Å². The number of carbonyl (C=O) groups is 2. The van der Waals surface area contributed by atoms with Crippen molar-refractivity contribution in [2.45, 2.75) is 44.1 Å². The maximum absolute atomic E-state index is 12.7. The molecule has 1 aliphatic heterocycles. The second-order valence-corrected chi connectivity index (χ2v) is 7.77. The molecule has 1 unspecified atom stereocenters. The number of anilines is 1. The Morgan fingerprint density at radius 1 is 1.11 bits per heavy atom. The molecule has 146 valence electrons. The van der Waals surface area contributed by atoms with Gasteiger partial charge < -0.3 is 15.4 Å². The SMILES string of the molecule is Cc1ccccc1C(=O)Nc1ccc(C2(C(=O)NCC3CCCO3)CC2)cc1. The molecular formula is C23H26N2O3. The number of hydrogen-bond acceptors (Lipinski definition) is 3. The number of ether oxygens (including phenoxy) is 1. The van der Waals surface area contributed by atoms with Crippen molar-refractivity contribution in [1.82, 2.24) is 5.32 Å². The van der Waals surface area contributed by atoms with Crippen molar-refractivity contribution in [3.8, 4) is 0 Å². The normalized spacial score (nSPS) is 19.8. The highest BCUT2D eigenvalue weighted by Gasteiger charge is 2.51. The molecule has 0 spiro atoms. The maximum atomic E-state index is 12.7. The lowest BCUT2D eigenvalue weighted by molar-refractivity contribution is -0.124. The van der Waals surface area contributed by atoms with Gasteiger partial charge in [0.05, 0.1) is 11.5 Å². The molecule has 1 atom stereocenters. The minimum Gasteiger partial charge on any atom is -0.376 e. The summed E-state index contributed by atoms with van der Waals surface area (Å²) in [5, 5.41) is 6.00. The molecule has 4 rings (SSSR count). The molecule has 2 N–H and O–H groups in total. The summed E-state index contributed by atoms with van der Waals surface area (Å²) in [6.07, 6.45) is 3.96. The zero-order valence-corrected chi connectivity index (χ0v) is 16.2. The maximum Gasteiger partial charge on any atom is 0.255 e. The van der Waals surface area contributed by atoms with E-state index < -0.39 is 5.41 Å². The minimum atomic E-state index is -0.419. The fourth-order valence-corrected chi connectivity index (χ4v) is 3.85. The molecule has 5 nitrogen and oxygen atoms in total. The third kappa shape index (κ3) is 3.80. The van der Waals surface area contributed by atoms with E-state index in [9.17, 15) is 9.59 Å². The quantitative estimate of drug-likeness (QED) is 0.807. The second-order valence-electron chi connectivity index (χ2n) is 7.77. The van der Waals surface area contributed by atoms with E-state index in [2.05, 4.69) is 10.6 Å². The first-order valence-electron chi connectivity index (χ1n) is 9.96. The summed E-state index contributed by atoms with van der Waals surface area (Å²) in [4.78, 5) is 25.2. The Balaban J connectivity index is 1.39. The van der Waals surface area contributed by atoms with Crippen LogP contribution in [-0.4, -0.2) is 31.1 Å². The molecule has 1 saturated carbocycles. The fraction of sp³-hybridized carbons (Fsp3) is 0.391. The van der Waals surface area contributed by atoms with Gasteiger partial charge >= 0.3 is 0 Å². The van der Waals surface area contributed by atoms with Crippen LogP contribution in [0.2, 0.25) is 0 Å². The second kappa shape index (κ2) is 7.76. The van der Waals surface area contributed by atoms with Crippen molar-refractivity contribution < 1.29 is 14.3 Å². The molecule has 28 heavy (non-hydrogen) atoms. The van der Waals surface area contributed by atoms with E-state index in [1.165, 1.54) is 0 Å². The third-order valence-electron chi connectivity index (χ3n) is 5.78. The highest BCUT2D eigenvalue weighted by Crippen LogP contribution is 2.48. The molecule has 1 saturated heterocycles. The standard InChI is InChI=1S/C23H26N2O3/c1-16-5-2-3-7-20(16)21(26)25-18-10-8-17(9-11-18)23(12-13-23)22(27)24-15-19-6-4-14-28-19/h2-3,5,7-11,19H,4,6,12-15H2,1H3,(H,24,27)(H,25,26). The summed E-state index contributed by atoms with van der Waals surface area (Å²) < 4.78 is 5.58. The molecule has 1 heterocycles. The molecule has 2 amide bonds. The van der Waals surface area contributed by atoms with Crippen LogP contribution >= 0.6 is 0 Å². The summed E-state index contributed by atoms with van der Waals surface area (Å²) in [6.45, 7) is 3.30. The van der Waals surface area contributed by atoms with Gasteiger partial charge in [-0.05, 0) is 61.9 Å². The van der Waals surface area contributed by atoms with Gasteiger partial charge in [-0.1, -0.05) is 30.3 Å². The molecular weight excluding hydrogens is 352 g/mol. The van der Waals surface area contributed by atoms with Gasteiger partial charge in [0.25, 0.3) is 5.91 Å². The van der Waals surface area contributed by atoms with Crippen LogP contribution in [0.15, 0.2) is 48.5 Å². The van der Waals surface area contributed by atoms with Crippen LogP contribution in [0.4, 0.5) is 5.69 Å². The van der Waals surface area contributed by atoms with Gasteiger partial charge in [0.1, 0.15) is 0 Å². The van der Waals surface area contributed by atoms with Gasteiger partial charge in [-0.3, -0.25) is 9.59 Å². The van der Waals surface area contributed by atoms with Gasteiger partial charge in [-0.15, -0.1) is 0 Å². The van der Waals surface area contributed by atoms with Crippen molar-refractivity contribution in [1.29, 1.82) is 0 Å². The minimum absolute atomic E-state index is 0.0831. The Labute approximate surface area is 165 Å². The number of benzene rings is 2. The molecule has 5 heteroatoms. The Morgan fingerprint density at radius 3 is 2.50 bits per heavy atom. The smallest absolute Gasteiger partial charge is 0.255 e. The van der Waals surface area contributed by atoms with Gasteiger partial charge in [-0.2, -0.15) is 0 Å². The molecule has 0 bridgehead atoms. The predicted octanol–water partition coefficient (Wildman–Crippen LogP) is 3.57. The van der Waals surface area contributed by atoms with Crippen LogP contribution in [0.1, 0.15) is 47.2 Å². The number of hydrogen-bond donors (Lipinski definition) is 2. The Kier molecular flexibility index (Phi) is 5.18. The summed E-state index contributed by atoms with van der Waals surface area (Å²) in [6, 6.07) is 15.2. The van der Waals surface area contributed by atoms with Crippen molar-refractivity contribution in [3.63, 3.8) is 0 Å². The number of rotatable bonds is 6. The van der Waals surface area contributed by atoms with E-state index in [-0.39, 0.29) is 17.9 Å². The lowest BCUT2D eigenvalue weighted by Gasteiger charge is -2.18. The lowest BCUT2D eigenvalue weighted by Crippen LogP contribution is -2.39. The average molecular weight is 378 g/mol. The number of amides is 2. The van der Waals surface area contributed by atoms with Crippen LogP contribution in [0.25, 0.3) is 0 Å². The van der Waals surface area contributed by atoms with E-state index in [1.807, 2.05) is 55.5 Å². The van der Waals surface area contributed by atoms with Crippen LogP contribution < -0.4 is 10.6 Å². The van der Waals surface area contributed by atoms with Crippen LogP contribution in [0.5, 0.6) is 0 Å². The summed E-state index contributed by atoms with van der Waals surface area (Å²) in [5.41, 5.74) is 2.92. The number of nitrogens with one attached hydrogen (secondary N) is 2. The van der Waals surface area contributed by atoms with Gasteiger partial charge in [0, 0.05) is 24.4 Å². The van der Waals surface area contributed by atoms with Gasteiger partial charge in [-0.25, -0.2) is 0 Å². The summed E-state index contributed by atoms with van der Waals surface area (Å²) >= 11 is 0. The van der Waals surface area contributed by atoms with E-state index >= 15 is 0 Å². The zero-order chi connectivity index (χ0) is 19.6. The molecule has 1 aliphatic carbocycles. The van der Waals surface area contributed by atoms with Crippen LogP contribution in [0, 0.1) is 6.92 Å². The molecule has 2 aliphatic rings. The topological polar surface area (TPSA) is 67.4 Å². The zero-order valence-electron chi connectivity index (χ0n) is 16.2. The molecule has 2 fully saturated rings. The highest BCUT2D eigenvalue weighted by molar-refractivity contribution is 6.05. The molecule has 0 aromatic heterocycles. The third-order valence-corrected chi connectivity index (χ3v) is 5.78. The predicted molar refractivity (Wildman–Crippen MR) is 108 cm³/mol.